The number of rotatable bonds is 71. The maximum atomic E-state index is 13.6. The number of phosphoric ester groups is 1. The SMILES string of the molecule is CCCCC/C=C\C/C=C\CCCCCCCCCCCCCCCCCCCC(=O)OC(/C=C/CCCCCCCCCCCC)C(COP(=O)(O)OCC[N+](C)(C)C)NC(=O)CCCCCCCCCCCCCCC/C=C/CCCCCCCC. The maximum Gasteiger partial charge on any atom is 0.472 e. The van der Waals surface area contributed by atoms with E-state index in [4.69, 9.17) is 13.8 Å². The number of phosphoric acid groups is 1. The Labute approximate surface area is 548 Å². The molecule has 0 aromatic carbocycles. The van der Waals surface area contributed by atoms with Crippen LogP contribution < -0.4 is 5.32 Å². The zero-order valence-electron chi connectivity index (χ0n) is 59.5. The van der Waals surface area contributed by atoms with E-state index in [-0.39, 0.29) is 25.1 Å². The van der Waals surface area contributed by atoms with Gasteiger partial charge in [0.15, 0.2) is 0 Å². The number of nitrogens with zero attached hydrogens (tertiary/aromatic N) is 1. The number of amides is 1. The molecule has 0 saturated heterocycles. The van der Waals surface area contributed by atoms with Crippen molar-refractivity contribution in [3.63, 3.8) is 0 Å². The van der Waals surface area contributed by atoms with Gasteiger partial charge in [-0.3, -0.25) is 18.6 Å². The third-order valence-corrected chi connectivity index (χ3v) is 18.5. The topological polar surface area (TPSA) is 111 Å². The van der Waals surface area contributed by atoms with E-state index in [2.05, 4.69) is 68.6 Å². The lowest BCUT2D eigenvalue weighted by atomic mass is 10.0. The molecule has 0 aromatic heterocycles. The number of ether oxygens (including phenoxy) is 1. The van der Waals surface area contributed by atoms with E-state index < -0.39 is 20.0 Å². The molecule has 88 heavy (non-hydrogen) atoms. The number of carbonyl (C=O) groups excluding carboxylic acids is 2. The molecule has 0 aliphatic carbocycles. The van der Waals surface area contributed by atoms with E-state index in [0.29, 0.717) is 23.9 Å². The Hall–Kier alpha value is -2.03. The van der Waals surface area contributed by atoms with Crippen LogP contribution >= 0.6 is 7.82 Å². The van der Waals surface area contributed by atoms with Crippen molar-refractivity contribution in [1.82, 2.24) is 5.32 Å². The zero-order chi connectivity index (χ0) is 64.2. The molecule has 3 unspecified atom stereocenters. The van der Waals surface area contributed by atoms with Gasteiger partial charge in [-0.1, -0.05) is 333 Å². The molecule has 0 aliphatic heterocycles. The number of quaternary nitrogens is 1. The monoisotopic (exact) mass is 1260 g/mol. The highest BCUT2D eigenvalue weighted by Gasteiger charge is 2.30. The van der Waals surface area contributed by atoms with Gasteiger partial charge in [0.2, 0.25) is 5.91 Å². The summed E-state index contributed by atoms with van der Waals surface area (Å²) in [5.41, 5.74) is 0. The van der Waals surface area contributed by atoms with Crippen LogP contribution in [-0.4, -0.2) is 74.3 Å². The van der Waals surface area contributed by atoms with Crippen molar-refractivity contribution in [1.29, 1.82) is 0 Å². The van der Waals surface area contributed by atoms with Crippen molar-refractivity contribution < 1.29 is 37.3 Å². The molecular formula is C78H150N2O7P+. The minimum atomic E-state index is -4.45. The van der Waals surface area contributed by atoms with Gasteiger partial charge in [0.25, 0.3) is 0 Å². The summed E-state index contributed by atoms with van der Waals surface area (Å²) >= 11 is 0. The zero-order valence-corrected chi connectivity index (χ0v) is 60.4. The highest BCUT2D eigenvalue weighted by atomic mass is 31.2. The number of hydrogen-bond acceptors (Lipinski definition) is 6. The molecule has 9 nitrogen and oxygen atoms in total. The second-order valence-corrected chi connectivity index (χ2v) is 29.0. The fourth-order valence-electron chi connectivity index (χ4n) is 11.6. The Balaban J connectivity index is 4.93. The molecular weight excluding hydrogens is 1110 g/mol. The number of esters is 1. The van der Waals surface area contributed by atoms with E-state index >= 15 is 0 Å². The average Bonchev–Trinajstić information content (AvgIpc) is 3.61. The normalized spacial score (nSPS) is 13.7. The largest absolute Gasteiger partial charge is 0.472 e. The van der Waals surface area contributed by atoms with Crippen molar-refractivity contribution >= 4 is 19.7 Å². The van der Waals surface area contributed by atoms with Crippen molar-refractivity contribution in [2.45, 2.75) is 399 Å². The first-order valence-electron chi connectivity index (χ1n) is 38.5. The van der Waals surface area contributed by atoms with Crippen LogP contribution in [0.4, 0.5) is 0 Å². The lowest BCUT2D eigenvalue weighted by Crippen LogP contribution is -2.47. The molecule has 0 saturated carbocycles. The standard InChI is InChI=1S/C78H149N2O7P/c1-7-10-13-16-19-22-25-28-30-32-34-36-38-39-40-41-43-45-47-49-51-53-56-59-62-65-68-71-78(82)87-76(69-66-63-60-57-54-27-24-21-18-15-12-9-3)75(74-86-88(83,84)85-73-72-80(4,5)6)79-77(81)70-67-64-61-58-55-52-50-48-46-44-42-37-35-33-31-29-26-23-20-17-14-11-8-2/h19,22,28-31,66,69,75-76H,7-18,20-21,23-27,32-65,67-68,70-74H2,1-6H3,(H-,79,81,83,84)/p+1/b22-19-,30-28-,31-29+,69-66+. The van der Waals surface area contributed by atoms with Crippen molar-refractivity contribution in [3.8, 4) is 0 Å². The summed E-state index contributed by atoms with van der Waals surface area (Å²) in [4.78, 5) is 38.0. The molecule has 0 aromatic rings. The second kappa shape index (κ2) is 67.8. The van der Waals surface area contributed by atoms with Gasteiger partial charge in [-0.05, 0) is 89.5 Å². The molecule has 0 heterocycles. The highest BCUT2D eigenvalue weighted by Crippen LogP contribution is 2.43. The van der Waals surface area contributed by atoms with Crippen LogP contribution in [0.25, 0.3) is 0 Å². The summed E-state index contributed by atoms with van der Waals surface area (Å²) in [5.74, 6) is -0.485. The Kier molecular flexibility index (Phi) is 66.3. The molecule has 1 amide bonds. The van der Waals surface area contributed by atoms with Gasteiger partial charge in [-0.25, -0.2) is 4.57 Å². The lowest BCUT2D eigenvalue weighted by molar-refractivity contribution is -0.870. The number of allylic oxidation sites excluding steroid dienone is 7. The Morgan fingerprint density at radius 1 is 0.398 bits per heavy atom. The van der Waals surface area contributed by atoms with Gasteiger partial charge < -0.3 is 19.4 Å². The summed E-state index contributed by atoms with van der Waals surface area (Å²) in [5, 5.41) is 3.08. The number of hydrogen-bond donors (Lipinski definition) is 2. The van der Waals surface area contributed by atoms with Crippen LogP contribution in [0.1, 0.15) is 387 Å². The summed E-state index contributed by atoms with van der Waals surface area (Å²) in [6, 6.07) is -0.847. The molecule has 0 rings (SSSR count). The quantitative estimate of drug-likeness (QED) is 0.0205. The van der Waals surface area contributed by atoms with Gasteiger partial charge in [0.1, 0.15) is 19.3 Å². The van der Waals surface area contributed by atoms with Gasteiger partial charge in [-0.15, -0.1) is 0 Å². The van der Waals surface area contributed by atoms with Crippen molar-refractivity contribution in [2.75, 3.05) is 40.9 Å². The molecule has 0 aliphatic rings. The summed E-state index contributed by atoms with van der Waals surface area (Å²) < 4.78 is 30.9. The number of likely N-dealkylation sites (N-methyl/N-ethyl adjacent to an activating group) is 1. The molecule has 3 atom stereocenters. The predicted octanol–water partition coefficient (Wildman–Crippen LogP) is 24.7. The van der Waals surface area contributed by atoms with E-state index in [9.17, 15) is 19.0 Å². The van der Waals surface area contributed by atoms with Crippen LogP contribution in [0.2, 0.25) is 0 Å². The van der Waals surface area contributed by atoms with Crippen molar-refractivity contribution in [3.05, 3.63) is 48.6 Å². The molecule has 0 bridgehead atoms. The third-order valence-electron chi connectivity index (χ3n) is 17.5. The highest BCUT2D eigenvalue weighted by molar-refractivity contribution is 7.47. The van der Waals surface area contributed by atoms with Crippen molar-refractivity contribution in [2.24, 2.45) is 0 Å². The minimum Gasteiger partial charge on any atom is -0.456 e. The average molecular weight is 1260 g/mol. The van der Waals surface area contributed by atoms with Crippen LogP contribution in [0, 0.1) is 0 Å². The molecule has 518 valence electrons. The summed E-state index contributed by atoms with van der Waals surface area (Å²) in [7, 11) is 1.51. The van der Waals surface area contributed by atoms with Gasteiger partial charge in [0, 0.05) is 12.8 Å². The first kappa shape index (κ1) is 86.0. The first-order valence-corrected chi connectivity index (χ1v) is 40.0. The number of nitrogens with one attached hydrogen (secondary N) is 1. The van der Waals surface area contributed by atoms with Crippen LogP contribution in [0.15, 0.2) is 48.6 Å². The van der Waals surface area contributed by atoms with Gasteiger partial charge in [-0.2, -0.15) is 0 Å². The molecule has 10 heteroatoms. The lowest BCUT2D eigenvalue weighted by Gasteiger charge is -2.27. The minimum absolute atomic E-state index is 0.0425. The first-order chi connectivity index (χ1) is 42.9. The Morgan fingerprint density at radius 3 is 1.06 bits per heavy atom. The second-order valence-electron chi connectivity index (χ2n) is 27.5. The fourth-order valence-corrected chi connectivity index (χ4v) is 12.3. The van der Waals surface area contributed by atoms with Crippen LogP contribution in [0.5, 0.6) is 0 Å². The van der Waals surface area contributed by atoms with Crippen LogP contribution in [-0.2, 0) is 27.9 Å². The van der Waals surface area contributed by atoms with Gasteiger partial charge >= 0.3 is 13.8 Å². The van der Waals surface area contributed by atoms with E-state index in [1.54, 1.807) is 0 Å². The van der Waals surface area contributed by atoms with Gasteiger partial charge in [0.05, 0.1) is 33.8 Å². The third kappa shape index (κ3) is 68.3. The number of unbranched alkanes of at least 4 members (excludes halogenated alkanes) is 49. The smallest absolute Gasteiger partial charge is 0.456 e. The maximum absolute atomic E-state index is 13.6. The fraction of sp³-hybridized carbons (Fsp3) is 0.872. The van der Waals surface area contributed by atoms with E-state index in [0.717, 1.165) is 64.2 Å². The van der Waals surface area contributed by atoms with Crippen LogP contribution in [0.3, 0.4) is 0 Å². The Bertz CT molecular complexity index is 1640. The summed E-state index contributed by atoms with van der Waals surface area (Å²) in [6.07, 6.45) is 87.1. The van der Waals surface area contributed by atoms with E-state index in [1.165, 1.54) is 289 Å². The molecule has 0 spiro atoms. The molecule has 0 radical (unpaired) electrons. The predicted molar refractivity (Wildman–Crippen MR) is 383 cm³/mol. The Morgan fingerprint density at radius 2 is 0.693 bits per heavy atom. The molecule has 0 fully saturated rings. The molecule has 2 N–H and O–H groups in total. The number of carbonyl (C=O) groups is 2. The van der Waals surface area contributed by atoms with E-state index in [1.807, 2.05) is 27.2 Å². The summed E-state index contributed by atoms with van der Waals surface area (Å²) in [6.45, 7) is 7.05.